The van der Waals surface area contributed by atoms with Crippen LogP contribution in [0.25, 0.3) is 5.76 Å². The van der Waals surface area contributed by atoms with Crippen molar-refractivity contribution in [3.05, 3.63) is 65.5 Å². The van der Waals surface area contributed by atoms with Crippen molar-refractivity contribution in [2.75, 3.05) is 26.9 Å². The Morgan fingerprint density at radius 3 is 2.61 bits per heavy atom. The van der Waals surface area contributed by atoms with Crippen LogP contribution in [0.3, 0.4) is 0 Å². The van der Waals surface area contributed by atoms with Crippen LogP contribution in [0.4, 0.5) is 0 Å². The highest BCUT2D eigenvalue weighted by Crippen LogP contribution is 2.39. The molecule has 2 heterocycles. The normalized spacial score (nSPS) is 17.9. The van der Waals surface area contributed by atoms with Crippen LogP contribution in [0.2, 0.25) is 0 Å². The average molecular weight is 424 g/mol. The van der Waals surface area contributed by atoms with Crippen molar-refractivity contribution in [2.45, 2.75) is 32.2 Å². The van der Waals surface area contributed by atoms with E-state index >= 15 is 0 Å². The number of unbranched alkanes of at least 4 members (excludes halogenated alkanes) is 1. The number of nitrogens with zero attached hydrogens (tertiary/aromatic N) is 2. The summed E-state index contributed by atoms with van der Waals surface area (Å²) in [6.07, 6.45) is 5.72. The fraction of sp³-hybridized carbons (Fsp3) is 0.375. The summed E-state index contributed by atoms with van der Waals surface area (Å²) in [7, 11) is 1.59. The maximum Gasteiger partial charge on any atom is 0.295 e. The van der Waals surface area contributed by atoms with Crippen molar-refractivity contribution in [3.63, 3.8) is 0 Å². The Bertz CT molecular complexity index is 942. The number of Topliss-reactive ketones (excluding diaryl/α,β-unsaturated/α-hetero) is 1. The van der Waals surface area contributed by atoms with Crippen molar-refractivity contribution in [3.8, 4) is 5.75 Å². The van der Waals surface area contributed by atoms with Gasteiger partial charge in [-0.25, -0.2) is 0 Å². The van der Waals surface area contributed by atoms with E-state index in [1.807, 2.05) is 0 Å². The number of methoxy groups -OCH3 is 1. The number of likely N-dealkylation sites (tertiary alicyclic amines) is 1. The molecule has 0 radical (unpaired) electrons. The van der Waals surface area contributed by atoms with Gasteiger partial charge in [0.2, 0.25) is 0 Å². The average Bonchev–Trinajstić information content (AvgIpc) is 3.05. The summed E-state index contributed by atoms with van der Waals surface area (Å²) in [5, 5.41) is 11.1. The first-order chi connectivity index (χ1) is 15.1. The molecule has 1 unspecified atom stereocenters. The Balaban J connectivity index is 2.01. The zero-order valence-corrected chi connectivity index (χ0v) is 17.9. The molecule has 2 aromatic rings. The first-order valence-corrected chi connectivity index (χ1v) is 10.5. The van der Waals surface area contributed by atoms with Crippen LogP contribution in [0.5, 0.6) is 5.75 Å². The largest absolute Gasteiger partial charge is 0.507 e. The van der Waals surface area contributed by atoms with Gasteiger partial charge in [-0.1, -0.05) is 25.5 Å². The minimum atomic E-state index is -0.700. The third-order valence-corrected chi connectivity index (χ3v) is 5.18. The topological polar surface area (TPSA) is 89.0 Å². The molecule has 1 aliphatic rings. The van der Waals surface area contributed by atoms with E-state index < -0.39 is 17.7 Å². The lowest BCUT2D eigenvalue weighted by molar-refractivity contribution is -0.140. The quantitative estimate of drug-likeness (QED) is 0.271. The lowest BCUT2D eigenvalue weighted by Crippen LogP contribution is -2.31. The molecule has 3 rings (SSSR count). The van der Waals surface area contributed by atoms with Gasteiger partial charge in [-0.15, -0.1) is 0 Å². The molecular weight excluding hydrogens is 396 g/mol. The Hall–Kier alpha value is -3.19. The molecule has 164 valence electrons. The van der Waals surface area contributed by atoms with Crippen LogP contribution < -0.4 is 4.74 Å². The van der Waals surface area contributed by atoms with Gasteiger partial charge in [0, 0.05) is 38.2 Å². The first kappa shape index (κ1) is 22.5. The maximum absolute atomic E-state index is 13.0. The highest BCUT2D eigenvalue weighted by Gasteiger charge is 2.45. The molecule has 1 aromatic carbocycles. The fourth-order valence-electron chi connectivity index (χ4n) is 3.61. The van der Waals surface area contributed by atoms with E-state index in [9.17, 15) is 14.7 Å². The number of aliphatic hydroxyl groups is 1. The van der Waals surface area contributed by atoms with Crippen LogP contribution in [-0.4, -0.2) is 53.5 Å². The molecule has 0 saturated carbocycles. The molecule has 1 aromatic heterocycles. The van der Waals surface area contributed by atoms with Gasteiger partial charge in [0.05, 0.1) is 18.2 Å². The van der Waals surface area contributed by atoms with Crippen molar-refractivity contribution in [1.82, 2.24) is 9.88 Å². The van der Waals surface area contributed by atoms with Crippen molar-refractivity contribution < 1.29 is 24.2 Å². The number of aliphatic hydroxyl groups excluding tert-OH is 1. The molecule has 0 aliphatic carbocycles. The second-order valence-electron chi connectivity index (χ2n) is 7.35. The molecule has 0 spiro atoms. The summed E-state index contributed by atoms with van der Waals surface area (Å²) in [4.78, 5) is 31.3. The Morgan fingerprint density at radius 1 is 1.13 bits per heavy atom. The predicted octanol–water partition coefficient (Wildman–Crippen LogP) is 3.72. The van der Waals surface area contributed by atoms with Gasteiger partial charge in [0.15, 0.2) is 0 Å². The number of aromatic nitrogens is 1. The van der Waals surface area contributed by atoms with Gasteiger partial charge in [-0.05, 0) is 42.7 Å². The molecule has 1 fully saturated rings. The molecule has 0 bridgehead atoms. The summed E-state index contributed by atoms with van der Waals surface area (Å²) in [6.45, 7) is 3.45. The van der Waals surface area contributed by atoms with Gasteiger partial charge >= 0.3 is 0 Å². The second kappa shape index (κ2) is 10.7. The monoisotopic (exact) mass is 424 g/mol. The van der Waals surface area contributed by atoms with Gasteiger partial charge in [0.1, 0.15) is 11.5 Å². The van der Waals surface area contributed by atoms with Crippen molar-refractivity contribution >= 4 is 17.4 Å². The molecule has 1 saturated heterocycles. The Labute approximate surface area is 182 Å². The third-order valence-electron chi connectivity index (χ3n) is 5.18. The van der Waals surface area contributed by atoms with Crippen LogP contribution >= 0.6 is 0 Å². The molecular formula is C24H28N2O5. The molecule has 1 amide bonds. The Kier molecular flexibility index (Phi) is 7.78. The zero-order valence-electron chi connectivity index (χ0n) is 17.9. The van der Waals surface area contributed by atoms with E-state index in [2.05, 4.69) is 11.9 Å². The number of hydrogen-bond acceptors (Lipinski definition) is 6. The standard InChI is InChI=1S/C24H28N2O5/c1-3-4-15-31-19-8-5-7-18(16-19)22(27)20-21(17-9-11-25-12-10-17)26(13-6-14-30-2)24(29)23(20)28/h5,7-12,16,21,27H,3-4,6,13-15H2,1-2H3/b22-20+. The van der Waals surface area contributed by atoms with E-state index in [0.717, 1.165) is 12.8 Å². The maximum atomic E-state index is 13.0. The van der Waals surface area contributed by atoms with Crippen LogP contribution in [-0.2, 0) is 14.3 Å². The molecule has 1 atom stereocenters. The molecule has 31 heavy (non-hydrogen) atoms. The summed E-state index contributed by atoms with van der Waals surface area (Å²) >= 11 is 0. The van der Waals surface area contributed by atoms with E-state index in [1.54, 1.807) is 55.9 Å². The van der Waals surface area contributed by atoms with Crippen LogP contribution in [0.1, 0.15) is 43.4 Å². The number of ketones is 1. The summed E-state index contributed by atoms with van der Waals surface area (Å²) in [5.41, 5.74) is 1.21. The third kappa shape index (κ3) is 5.11. The summed E-state index contributed by atoms with van der Waals surface area (Å²) in [6, 6.07) is 9.75. The number of pyridine rings is 1. The van der Waals surface area contributed by atoms with Crippen molar-refractivity contribution in [1.29, 1.82) is 0 Å². The fourth-order valence-corrected chi connectivity index (χ4v) is 3.61. The van der Waals surface area contributed by atoms with Gasteiger partial charge in [-0.2, -0.15) is 0 Å². The van der Waals surface area contributed by atoms with E-state index in [1.165, 1.54) is 4.90 Å². The first-order valence-electron chi connectivity index (χ1n) is 10.5. The number of hydrogen-bond donors (Lipinski definition) is 1. The van der Waals surface area contributed by atoms with Crippen molar-refractivity contribution in [2.24, 2.45) is 0 Å². The minimum absolute atomic E-state index is 0.0688. The second-order valence-corrected chi connectivity index (χ2v) is 7.35. The smallest absolute Gasteiger partial charge is 0.295 e. The number of carbonyl (C=O) groups excluding carboxylic acids is 2. The highest BCUT2D eigenvalue weighted by molar-refractivity contribution is 6.46. The van der Waals surface area contributed by atoms with E-state index in [4.69, 9.17) is 9.47 Å². The summed E-state index contributed by atoms with van der Waals surface area (Å²) < 4.78 is 10.8. The number of ether oxygens (including phenoxy) is 2. The minimum Gasteiger partial charge on any atom is -0.507 e. The molecule has 7 heteroatoms. The predicted molar refractivity (Wildman–Crippen MR) is 117 cm³/mol. The number of carbonyl (C=O) groups is 2. The van der Waals surface area contributed by atoms with Gasteiger partial charge in [-0.3, -0.25) is 14.6 Å². The van der Waals surface area contributed by atoms with Gasteiger partial charge in [0.25, 0.3) is 11.7 Å². The number of amides is 1. The SMILES string of the molecule is CCCCOc1cccc(/C(O)=C2\C(=O)C(=O)N(CCCOC)C2c2ccncc2)c1. The van der Waals surface area contributed by atoms with Crippen LogP contribution in [0, 0.1) is 0 Å². The Morgan fingerprint density at radius 2 is 1.90 bits per heavy atom. The highest BCUT2D eigenvalue weighted by atomic mass is 16.5. The van der Waals surface area contributed by atoms with Gasteiger partial charge < -0.3 is 19.5 Å². The number of rotatable bonds is 10. The van der Waals surface area contributed by atoms with Crippen LogP contribution in [0.15, 0.2) is 54.4 Å². The lowest BCUT2D eigenvalue weighted by atomic mass is 9.96. The lowest BCUT2D eigenvalue weighted by Gasteiger charge is -2.25. The van der Waals surface area contributed by atoms with E-state index in [0.29, 0.717) is 43.1 Å². The molecule has 1 aliphatic heterocycles. The zero-order chi connectivity index (χ0) is 22.2. The molecule has 7 nitrogen and oxygen atoms in total. The number of benzene rings is 1. The molecule has 1 N–H and O–H groups in total. The summed E-state index contributed by atoms with van der Waals surface area (Å²) in [5.74, 6) is -0.938. The van der Waals surface area contributed by atoms with E-state index in [-0.39, 0.29) is 11.3 Å².